The number of hydrogen-bond acceptors (Lipinski definition) is 2. The molecule has 0 aliphatic rings. The van der Waals surface area contributed by atoms with Gasteiger partial charge in [-0.05, 0) is 40.5 Å². The van der Waals surface area contributed by atoms with Gasteiger partial charge in [-0.2, -0.15) is 5.10 Å². The van der Waals surface area contributed by atoms with Crippen LogP contribution in [0.3, 0.4) is 0 Å². The van der Waals surface area contributed by atoms with Crippen molar-refractivity contribution in [1.82, 2.24) is 9.78 Å². The standard InChI is InChI=1S/C13H14BrClN2O/c1-2-17-8-11(7-16-17)9-18-13-4-3-10(6-15)5-12(13)14/h3-5,7-8H,2,6,9H2,1H3. The van der Waals surface area contributed by atoms with E-state index in [1.54, 1.807) is 0 Å². The van der Waals surface area contributed by atoms with Crippen molar-refractivity contribution in [1.29, 1.82) is 0 Å². The van der Waals surface area contributed by atoms with E-state index in [4.69, 9.17) is 16.3 Å². The van der Waals surface area contributed by atoms with Crippen LogP contribution in [-0.4, -0.2) is 9.78 Å². The lowest BCUT2D eigenvalue weighted by atomic mass is 10.2. The smallest absolute Gasteiger partial charge is 0.134 e. The topological polar surface area (TPSA) is 27.1 Å². The Bertz CT molecular complexity index is 527. The molecule has 0 amide bonds. The molecule has 0 aliphatic heterocycles. The average Bonchev–Trinajstić information content (AvgIpc) is 2.85. The molecule has 2 rings (SSSR count). The van der Waals surface area contributed by atoms with Crippen LogP contribution in [0, 0.1) is 0 Å². The van der Waals surface area contributed by atoms with Gasteiger partial charge in [-0.15, -0.1) is 11.6 Å². The van der Waals surface area contributed by atoms with Gasteiger partial charge in [0.25, 0.3) is 0 Å². The largest absolute Gasteiger partial charge is 0.488 e. The third-order valence-electron chi connectivity index (χ3n) is 2.56. The minimum absolute atomic E-state index is 0.502. The highest BCUT2D eigenvalue weighted by atomic mass is 79.9. The molecule has 1 aromatic heterocycles. The molecule has 3 nitrogen and oxygen atoms in total. The number of halogens is 2. The third-order valence-corrected chi connectivity index (χ3v) is 3.48. The van der Waals surface area contributed by atoms with Gasteiger partial charge in [0.1, 0.15) is 12.4 Å². The van der Waals surface area contributed by atoms with Crippen LogP contribution in [0.1, 0.15) is 18.1 Å². The van der Waals surface area contributed by atoms with Crippen LogP contribution < -0.4 is 4.74 Å². The van der Waals surface area contributed by atoms with Crippen LogP contribution in [0.2, 0.25) is 0 Å². The number of hydrogen-bond donors (Lipinski definition) is 0. The quantitative estimate of drug-likeness (QED) is 0.776. The molecule has 0 saturated heterocycles. The molecular weight excluding hydrogens is 316 g/mol. The van der Waals surface area contributed by atoms with Crippen molar-refractivity contribution in [2.45, 2.75) is 26.0 Å². The molecule has 1 heterocycles. The summed E-state index contributed by atoms with van der Waals surface area (Å²) in [6.07, 6.45) is 3.81. The molecule has 5 heteroatoms. The van der Waals surface area contributed by atoms with Gasteiger partial charge in [-0.1, -0.05) is 6.07 Å². The summed E-state index contributed by atoms with van der Waals surface area (Å²) in [6, 6.07) is 5.85. The maximum atomic E-state index is 5.77. The van der Waals surface area contributed by atoms with Crippen molar-refractivity contribution in [2.75, 3.05) is 0 Å². The molecule has 0 atom stereocenters. The van der Waals surface area contributed by atoms with E-state index in [0.717, 1.165) is 27.9 Å². The first-order chi connectivity index (χ1) is 8.72. The Hall–Kier alpha value is -1.00. The molecule has 18 heavy (non-hydrogen) atoms. The second kappa shape index (κ2) is 6.25. The molecule has 0 unspecified atom stereocenters. The van der Waals surface area contributed by atoms with Crippen LogP contribution in [0.4, 0.5) is 0 Å². The first-order valence-electron chi connectivity index (χ1n) is 5.71. The Balaban J connectivity index is 2.01. The normalized spacial score (nSPS) is 10.6. The average molecular weight is 330 g/mol. The molecular formula is C13H14BrClN2O. The van der Waals surface area contributed by atoms with E-state index in [-0.39, 0.29) is 0 Å². The Morgan fingerprint density at radius 3 is 2.83 bits per heavy atom. The van der Waals surface area contributed by atoms with Crippen LogP contribution in [-0.2, 0) is 19.0 Å². The van der Waals surface area contributed by atoms with E-state index in [0.29, 0.717) is 12.5 Å². The first-order valence-corrected chi connectivity index (χ1v) is 7.04. The summed E-state index contributed by atoms with van der Waals surface area (Å²) in [5, 5.41) is 4.20. The Kier molecular flexibility index (Phi) is 4.66. The van der Waals surface area contributed by atoms with Gasteiger partial charge in [0, 0.05) is 24.2 Å². The third kappa shape index (κ3) is 3.27. The molecule has 96 valence electrons. The molecule has 0 aliphatic carbocycles. The van der Waals surface area contributed by atoms with Crippen molar-refractivity contribution >= 4 is 27.5 Å². The van der Waals surface area contributed by atoms with Crippen molar-refractivity contribution in [3.63, 3.8) is 0 Å². The van der Waals surface area contributed by atoms with Gasteiger partial charge < -0.3 is 4.74 Å². The highest BCUT2D eigenvalue weighted by Crippen LogP contribution is 2.27. The minimum atomic E-state index is 0.502. The van der Waals surface area contributed by atoms with Gasteiger partial charge in [0.15, 0.2) is 0 Å². The lowest BCUT2D eigenvalue weighted by molar-refractivity contribution is 0.304. The van der Waals surface area contributed by atoms with Crippen LogP contribution in [0.15, 0.2) is 35.1 Å². The fourth-order valence-electron chi connectivity index (χ4n) is 1.56. The van der Waals surface area contributed by atoms with Gasteiger partial charge in [-0.3, -0.25) is 4.68 Å². The zero-order chi connectivity index (χ0) is 13.0. The summed E-state index contributed by atoms with van der Waals surface area (Å²) >= 11 is 9.25. The minimum Gasteiger partial charge on any atom is -0.488 e. The van der Waals surface area contributed by atoms with Crippen LogP contribution in [0.25, 0.3) is 0 Å². The number of aryl methyl sites for hydroxylation is 1. The summed E-state index contributed by atoms with van der Waals surface area (Å²) in [6.45, 7) is 3.44. The van der Waals surface area contributed by atoms with Crippen molar-refractivity contribution in [2.24, 2.45) is 0 Å². The molecule has 0 radical (unpaired) electrons. The number of aromatic nitrogens is 2. The molecule has 0 spiro atoms. The summed E-state index contributed by atoms with van der Waals surface area (Å²) < 4.78 is 8.54. The van der Waals surface area contributed by atoms with Crippen LogP contribution >= 0.6 is 27.5 Å². The molecule has 2 aromatic rings. The van der Waals surface area contributed by atoms with E-state index in [1.807, 2.05) is 35.3 Å². The molecule has 0 bridgehead atoms. The predicted molar refractivity (Wildman–Crippen MR) is 75.9 cm³/mol. The fourth-order valence-corrected chi connectivity index (χ4v) is 2.27. The number of nitrogens with zero attached hydrogens (tertiary/aromatic N) is 2. The molecule has 0 N–H and O–H groups in total. The predicted octanol–water partition coefficient (Wildman–Crippen LogP) is 3.98. The second-order valence-corrected chi connectivity index (χ2v) is 5.01. The van der Waals surface area contributed by atoms with Gasteiger partial charge in [-0.25, -0.2) is 0 Å². The van der Waals surface area contributed by atoms with E-state index in [1.165, 1.54) is 0 Å². The summed E-state index contributed by atoms with van der Waals surface area (Å²) in [5.41, 5.74) is 2.12. The van der Waals surface area contributed by atoms with Gasteiger partial charge in [0.2, 0.25) is 0 Å². The van der Waals surface area contributed by atoms with Gasteiger partial charge in [0.05, 0.1) is 10.7 Å². The summed E-state index contributed by atoms with van der Waals surface area (Å²) in [4.78, 5) is 0. The highest BCUT2D eigenvalue weighted by Gasteiger charge is 2.04. The second-order valence-electron chi connectivity index (χ2n) is 3.89. The van der Waals surface area contributed by atoms with E-state index in [9.17, 15) is 0 Å². The van der Waals surface area contributed by atoms with Crippen molar-refractivity contribution < 1.29 is 4.74 Å². The van der Waals surface area contributed by atoms with Crippen molar-refractivity contribution in [3.05, 3.63) is 46.2 Å². The molecule has 0 fully saturated rings. The lowest BCUT2D eigenvalue weighted by Crippen LogP contribution is -1.96. The van der Waals surface area contributed by atoms with E-state index >= 15 is 0 Å². The number of ether oxygens (including phenoxy) is 1. The van der Waals surface area contributed by atoms with Crippen LogP contribution in [0.5, 0.6) is 5.75 Å². The maximum absolute atomic E-state index is 5.77. The van der Waals surface area contributed by atoms with Gasteiger partial charge >= 0.3 is 0 Å². The SMILES string of the molecule is CCn1cc(COc2ccc(CCl)cc2Br)cn1. The number of benzene rings is 1. The Morgan fingerprint density at radius 1 is 1.39 bits per heavy atom. The molecule has 1 aromatic carbocycles. The fraction of sp³-hybridized carbons (Fsp3) is 0.308. The summed E-state index contributed by atoms with van der Waals surface area (Å²) in [5.74, 6) is 1.32. The first kappa shape index (κ1) is 13.4. The maximum Gasteiger partial charge on any atom is 0.134 e. The summed E-state index contributed by atoms with van der Waals surface area (Å²) in [7, 11) is 0. The lowest BCUT2D eigenvalue weighted by Gasteiger charge is -2.07. The molecule has 0 saturated carbocycles. The monoisotopic (exact) mass is 328 g/mol. The Morgan fingerprint density at radius 2 is 2.22 bits per heavy atom. The van der Waals surface area contributed by atoms with E-state index in [2.05, 4.69) is 28.0 Å². The Labute approximate surface area is 120 Å². The zero-order valence-electron chi connectivity index (χ0n) is 10.1. The highest BCUT2D eigenvalue weighted by molar-refractivity contribution is 9.10. The van der Waals surface area contributed by atoms with E-state index < -0.39 is 0 Å². The number of alkyl halides is 1. The van der Waals surface area contributed by atoms with Crippen molar-refractivity contribution in [3.8, 4) is 5.75 Å². The number of rotatable bonds is 5. The zero-order valence-corrected chi connectivity index (χ0v) is 12.4.